The van der Waals surface area contributed by atoms with Crippen molar-refractivity contribution in [2.75, 3.05) is 0 Å². The zero-order valence-electron chi connectivity index (χ0n) is 15.5. The van der Waals surface area contributed by atoms with Crippen LogP contribution in [0, 0.1) is 0 Å². The zero-order chi connectivity index (χ0) is 19.0. The maximum Gasteiger partial charge on any atom is 0.0630 e. The van der Waals surface area contributed by atoms with E-state index in [4.69, 9.17) is 0 Å². The smallest absolute Gasteiger partial charge is 0.0630 e. The second kappa shape index (κ2) is 9.00. The molecule has 2 aromatic carbocycles. The largest absolute Gasteiger partial charge is 0.261 e. The first-order valence-corrected chi connectivity index (χ1v) is 9.50. The Bertz CT molecular complexity index is 875. The lowest BCUT2D eigenvalue weighted by Gasteiger charge is -2.44. The molecular formula is C24H22N4. The van der Waals surface area contributed by atoms with Gasteiger partial charge in [0.15, 0.2) is 0 Å². The third-order valence-electron chi connectivity index (χ3n) is 5.16. The molecule has 0 amide bonds. The highest BCUT2D eigenvalue weighted by atomic mass is 14.8. The van der Waals surface area contributed by atoms with Crippen molar-refractivity contribution in [2.45, 2.75) is 24.2 Å². The Morgan fingerprint density at radius 1 is 0.571 bits per heavy atom. The summed E-state index contributed by atoms with van der Waals surface area (Å²) in [6.07, 6.45) is 11.8. The lowest BCUT2D eigenvalue weighted by Crippen LogP contribution is -2.32. The summed E-state index contributed by atoms with van der Waals surface area (Å²) in [5, 5.41) is 0. The molecule has 3 atom stereocenters. The van der Waals surface area contributed by atoms with Crippen LogP contribution in [0.5, 0.6) is 0 Å². The van der Waals surface area contributed by atoms with E-state index in [9.17, 15) is 0 Å². The summed E-state index contributed by atoms with van der Waals surface area (Å²) in [7, 11) is 0. The summed E-state index contributed by atoms with van der Waals surface area (Å²) in [6, 6.07) is 22.6. The van der Waals surface area contributed by atoms with E-state index in [0.29, 0.717) is 17.8 Å². The Balaban J connectivity index is 0.000000275. The molecule has 5 rings (SSSR count). The van der Waals surface area contributed by atoms with Gasteiger partial charge in [-0.1, -0.05) is 66.7 Å². The number of rotatable bonds is 3. The fraction of sp³-hybridized carbons (Fsp3) is 0.167. The maximum absolute atomic E-state index is 4.54. The molecule has 4 nitrogen and oxygen atoms in total. The van der Waals surface area contributed by atoms with Crippen molar-refractivity contribution in [3.8, 4) is 0 Å². The van der Waals surface area contributed by atoms with Crippen LogP contribution in [0.1, 0.15) is 41.1 Å². The highest BCUT2D eigenvalue weighted by Gasteiger charge is 2.45. The summed E-state index contributed by atoms with van der Waals surface area (Å²) in [6.45, 7) is 0. The topological polar surface area (TPSA) is 51.6 Å². The van der Waals surface area contributed by atoms with E-state index < -0.39 is 0 Å². The molecule has 1 aliphatic carbocycles. The van der Waals surface area contributed by atoms with Gasteiger partial charge in [0.25, 0.3) is 0 Å². The van der Waals surface area contributed by atoms with Crippen molar-refractivity contribution in [3.63, 3.8) is 0 Å². The van der Waals surface area contributed by atoms with Gasteiger partial charge in [0, 0.05) is 49.0 Å². The van der Waals surface area contributed by atoms with Gasteiger partial charge in [0.1, 0.15) is 0 Å². The molecule has 0 N–H and O–H groups in total. The quantitative estimate of drug-likeness (QED) is 0.511. The van der Waals surface area contributed by atoms with Gasteiger partial charge in [-0.25, -0.2) is 0 Å². The molecule has 1 saturated carbocycles. The van der Waals surface area contributed by atoms with Crippen molar-refractivity contribution in [1.82, 2.24) is 19.9 Å². The molecule has 2 aromatic heterocycles. The van der Waals surface area contributed by atoms with Crippen LogP contribution in [0.2, 0.25) is 0 Å². The van der Waals surface area contributed by atoms with Gasteiger partial charge in [-0.05, 0) is 17.9 Å². The Labute approximate surface area is 165 Å². The number of benzene rings is 2. The van der Waals surface area contributed by atoms with Gasteiger partial charge in [0.2, 0.25) is 0 Å². The summed E-state index contributed by atoms with van der Waals surface area (Å²) in [5.74, 6) is 1.13. The monoisotopic (exact) mass is 366 g/mol. The number of hydrogen-bond donors (Lipinski definition) is 0. The van der Waals surface area contributed by atoms with E-state index in [1.165, 1.54) is 5.56 Å². The number of nitrogens with zero attached hydrogens (tertiary/aromatic N) is 4. The Kier molecular flexibility index (Phi) is 5.78. The summed E-state index contributed by atoms with van der Waals surface area (Å²) < 4.78 is 0. The third-order valence-corrected chi connectivity index (χ3v) is 5.16. The van der Waals surface area contributed by atoms with E-state index in [2.05, 4.69) is 50.3 Å². The van der Waals surface area contributed by atoms with E-state index >= 15 is 0 Å². The maximum atomic E-state index is 4.54. The van der Waals surface area contributed by atoms with Gasteiger partial charge in [-0.3, -0.25) is 19.9 Å². The van der Waals surface area contributed by atoms with Gasteiger partial charge in [-0.2, -0.15) is 0 Å². The van der Waals surface area contributed by atoms with Crippen LogP contribution in [0.25, 0.3) is 0 Å². The molecule has 1 fully saturated rings. The van der Waals surface area contributed by atoms with Crippen LogP contribution in [0.15, 0.2) is 104 Å². The normalized spacial score (nSPS) is 20.4. The lowest BCUT2D eigenvalue weighted by molar-refractivity contribution is 0.273. The van der Waals surface area contributed by atoms with Gasteiger partial charge in [0.05, 0.1) is 11.4 Å². The first-order chi connectivity index (χ1) is 13.9. The van der Waals surface area contributed by atoms with E-state index in [1.54, 1.807) is 24.8 Å². The predicted octanol–water partition coefficient (Wildman–Crippen LogP) is 5.01. The van der Waals surface area contributed by atoms with Crippen LogP contribution < -0.4 is 0 Å². The second-order valence-electron chi connectivity index (χ2n) is 6.80. The average molecular weight is 366 g/mol. The van der Waals surface area contributed by atoms with Crippen LogP contribution >= 0.6 is 0 Å². The molecule has 1 aliphatic rings. The highest BCUT2D eigenvalue weighted by Crippen LogP contribution is 2.57. The second-order valence-corrected chi connectivity index (χ2v) is 6.80. The molecule has 0 radical (unpaired) electrons. The van der Waals surface area contributed by atoms with E-state index in [0.717, 1.165) is 17.8 Å². The first-order valence-electron chi connectivity index (χ1n) is 9.50. The molecule has 0 saturated heterocycles. The molecular weight excluding hydrogens is 344 g/mol. The van der Waals surface area contributed by atoms with Crippen LogP contribution in [-0.4, -0.2) is 19.9 Å². The third kappa shape index (κ3) is 4.12. The summed E-state index contributed by atoms with van der Waals surface area (Å²) >= 11 is 0. The average Bonchev–Trinajstić information content (AvgIpc) is 2.77. The summed E-state index contributed by atoms with van der Waals surface area (Å²) in [4.78, 5) is 17.5. The van der Waals surface area contributed by atoms with Gasteiger partial charge < -0.3 is 0 Å². The molecule has 4 heteroatoms. The first kappa shape index (κ1) is 18.0. The molecule has 4 aromatic rings. The molecule has 28 heavy (non-hydrogen) atoms. The highest BCUT2D eigenvalue weighted by molar-refractivity contribution is 5.34. The van der Waals surface area contributed by atoms with Crippen LogP contribution in [0.4, 0.5) is 0 Å². The Morgan fingerprint density at radius 3 is 1.64 bits per heavy atom. The van der Waals surface area contributed by atoms with Gasteiger partial charge >= 0.3 is 0 Å². The van der Waals surface area contributed by atoms with Crippen molar-refractivity contribution in [2.24, 2.45) is 0 Å². The minimum Gasteiger partial charge on any atom is -0.261 e. The van der Waals surface area contributed by atoms with Crippen molar-refractivity contribution in [3.05, 3.63) is 121 Å². The number of aromatic nitrogens is 4. The molecule has 0 spiro atoms. The minimum atomic E-state index is 0.313. The predicted molar refractivity (Wildman–Crippen MR) is 110 cm³/mol. The Hall–Kier alpha value is -3.40. The molecule has 138 valence electrons. The van der Waals surface area contributed by atoms with Crippen LogP contribution in [-0.2, 0) is 0 Å². The summed E-state index contributed by atoms with van der Waals surface area (Å²) in [5.41, 5.74) is 3.45. The minimum absolute atomic E-state index is 0.313. The fourth-order valence-corrected chi connectivity index (χ4v) is 3.78. The fourth-order valence-electron chi connectivity index (χ4n) is 3.78. The lowest BCUT2D eigenvalue weighted by atomic mass is 9.60. The molecule has 0 aliphatic heterocycles. The molecule has 0 bridgehead atoms. The zero-order valence-corrected chi connectivity index (χ0v) is 15.5. The van der Waals surface area contributed by atoms with Gasteiger partial charge in [-0.15, -0.1) is 0 Å². The molecule has 2 heterocycles. The van der Waals surface area contributed by atoms with E-state index in [-0.39, 0.29) is 0 Å². The van der Waals surface area contributed by atoms with Crippen molar-refractivity contribution in [1.29, 1.82) is 0 Å². The molecule has 2 unspecified atom stereocenters. The standard InChI is InChI=1S/C18H16N4.C6H6/c1-2-4-13(5-3-1)14-10-15(16-11-19-6-8-21-16)18(14)17-12-20-7-9-22-17;1-2-4-6-5-3-1/h1-9,11-12,14-15,18H,10H2;1-6H/t14-,15?,18?;/m1./s1. The number of hydrogen-bond acceptors (Lipinski definition) is 4. The Morgan fingerprint density at radius 2 is 1.11 bits per heavy atom. The van der Waals surface area contributed by atoms with E-state index in [1.807, 2.05) is 48.8 Å². The SMILES string of the molecule is c1ccc([C@H]2CC(c3cnccn3)C2c2cnccn2)cc1.c1ccccc1. The van der Waals surface area contributed by atoms with Crippen molar-refractivity contribution < 1.29 is 0 Å². The van der Waals surface area contributed by atoms with Crippen LogP contribution in [0.3, 0.4) is 0 Å². The van der Waals surface area contributed by atoms with Crippen molar-refractivity contribution >= 4 is 0 Å².